The highest BCUT2D eigenvalue weighted by molar-refractivity contribution is 6.01. The number of nitrogens with one attached hydrogen (secondary N) is 1. The molecule has 0 aliphatic carbocycles. The Hall–Kier alpha value is -5.27. The van der Waals surface area contributed by atoms with Crippen LogP contribution in [0.1, 0.15) is 67.7 Å². The third-order valence-electron chi connectivity index (χ3n) is 7.82. The lowest BCUT2D eigenvalue weighted by molar-refractivity contribution is -0.134. The van der Waals surface area contributed by atoms with Crippen molar-refractivity contribution >= 4 is 46.3 Å². The van der Waals surface area contributed by atoms with E-state index in [-0.39, 0.29) is 60.2 Å². The molecule has 0 saturated carbocycles. The molecule has 47 heavy (non-hydrogen) atoms. The number of anilines is 1. The number of benzene rings is 2. The number of amides is 2. The van der Waals surface area contributed by atoms with Gasteiger partial charge in [0, 0.05) is 58.2 Å². The van der Waals surface area contributed by atoms with Crippen molar-refractivity contribution in [2.45, 2.75) is 59.5 Å². The number of hydrogen-bond acceptors (Lipinski definition) is 9. The number of carboxylic acid groups (broad SMARTS) is 1. The molecule has 3 aromatic rings. The topological polar surface area (TPSA) is 165 Å². The highest BCUT2D eigenvalue weighted by atomic mass is 19.1. The van der Waals surface area contributed by atoms with Crippen molar-refractivity contribution < 1.29 is 42.9 Å². The van der Waals surface area contributed by atoms with Crippen molar-refractivity contribution in [3.63, 3.8) is 0 Å². The van der Waals surface area contributed by atoms with E-state index in [1.54, 1.807) is 21.3 Å². The molecule has 1 saturated heterocycles. The predicted octanol–water partition coefficient (Wildman–Crippen LogP) is 3.35. The molecule has 0 radical (unpaired) electrons. The highest BCUT2D eigenvalue weighted by Gasteiger charge is 2.31. The number of fused-ring (bicyclic) bond motifs is 1. The zero-order chi connectivity index (χ0) is 34.4. The summed E-state index contributed by atoms with van der Waals surface area (Å²) in [7, 11) is 0. The Labute approximate surface area is 269 Å². The number of halogens is 1. The predicted molar refractivity (Wildman–Crippen MR) is 169 cm³/mol. The van der Waals surface area contributed by atoms with E-state index in [2.05, 4.69) is 5.32 Å². The van der Waals surface area contributed by atoms with Gasteiger partial charge in [0.1, 0.15) is 17.4 Å². The van der Waals surface area contributed by atoms with Crippen LogP contribution in [0.5, 0.6) is 11.5 Å². The maximum Gasteiger partial charge on any atom is 0.341 e. The number of ether oxygens (including phenoxy) is 2. The number of carboxylic acids is 1. The molecule has 2 aromatic carbocycles. The normalized spacial score (nSPS) is 13.6. The van der Waals surface area contributed by atoms with Gasteiger partial charge in [0.15, 0.2) is 11.5 Å². The molecule has 0 spiro atoms. The van der Waals surface area contributed by atoms with Crippen LogP contribution in [0.4, 0.5) is 10.1 Å². The summed E-state index contributed by atoms with van der Waals surface area (Å²) in [6.45, 7) is 7.33. The third-order valence-corrected chi connectivity index (χ3v) is 7.82. The minimum Gasteiger partial charge on any atom is -0.477 e. The fourth-order valence-corrected chi connectivity index (χ4v) is 5.52. The average Bonchev–Trinajstić information content (AvgIpc) is 3.03. The number of aryl methyl sites for hydroxylation is 1. The summed E-state index contributed by atoms with van der Waals surface area (Å²) < 4.78 is 27.3. The van der Waals surface area contributed by atoms with Crippen molar-refractivity contribution in [3.8, 4) is 11.5 Å². The second-order valence-corrected chi connectivity index (χ2v) is 11.1. The standard InChI is InChI=1S/C33H37FN4O9/c1-5-7-10-25(35-31(42)21-9-8-11-28(46-19(3)39)30(21)47-20(4)40)32(43)38-14-12-37(13-15-38)27-17-26-22(16-24(27)34)29(41)23(33(44)45)18-36(26)6-2/h8-9,11,16-18,25H,5-7,10,12-15H2,1-4H3,(H,35,42)(H,44,45). The molecular weight excluding hydrogens is 615 g/mol. The zero-order valence-electron chi connectivity index (χ0n) is 26.6. The number of hydrogen-bond donors (Lipinski definition) is 2. The first kappa shape index (κ1) is 34.6. The van der Waals surface area contributed by atoms with Gasteiger partial charge < -0.3 is 34.3 Å². The Bertz CT molecular complexity index is 1780. The SMILES string of the molecule is CCCCC(NC(=O)c1cccc(OC(C)=O)c1OC(C)=O)C(=O)N1CCN(c2cc3c(cc2F)c(=O)c(C(=O)O)cn3CC)CC1. The van der Waals surface area contributed by atoms with Gasteiger partial charge in [0.25, 0.3) is 5.91 Å². The van der Waals surface area contributed by atoms with Gasteiger partial charge in [-0.1, -0.05) is 25.8 Å². The highest BCUT2D eigenvalue weighted by Crippen LogP contribution is 2.32. The van der Waals surface area contributed by atoms with Crippen molar-refractivity contribution in [1.29, 1.82) is 0 Å². The summed E-state index contributed by atoms with van der Waals surface area (Å²) in [5, 5.41) is 12.1. The lowest BCUT2D eigenvalue weighted by Crippen LogP contribution is -2.55. The average molecular weight is 653 g/mol. The van der Waals surface area contributed by atoms with E-state index in [9.17, 15) is 33.9 Å². The Morgan fingerprint density at radius 3 is 2.26 bits per heavy atom. The van der Waals surface area contributed by atoms with Crippen LogP contribution < -0.4 is 25.1 Å². The number of pyridine rings is 1. The van der Waals surface area contributed by atoms with Crippen LogP contribution in [0.2, 0.25) is 0 Å². The van der Waals surface area contributed by atoms with Crippen molar-refractivity contribution in [3.05, 3.63) is 63.7 Å². The molecule has 13 nitrogen and oxygen atoms in total. The lowest BCUT2D eigenvalue weighted by atomic mass is 10.1. The molecule has 1 aliphatic heterocycles. The van der Waals surface area contributed by atoms with E-state index < -0.39 is 46.7 Å². The van der Waals surface area contributed by atoms with E-state index >= 15 is 4.39 Å². The number of aromatic nitrogens is 1. The zero-order valence-corrected chi connectivity index (χ0v) is 26.6. The van der Waals surface area contributed by atoms with Crippen molar-refractivity contribution in [1.82, 2.24) is 14.8 Å². The van der Waals surface area contributed by atoms with E-state index in [0.717, 1.165) is 19.4 Å². The first-order chi connectivity index (χ1) is 22.4. The molecule has 2 N–H and O–H groups in total. The van der Waals surface area contributed by atoms with Crippen LogP contribution in [-0.4, -0.2) is 76.5 Å². The Kier molecular flexibility index (Phi) is 11.0. The second kappa shape index (κ2) is 14.9. The molecule has 1 aliphatic rings. The maximum absolute atomic E-state index is 15.4. The summed E-state index contributed by atoms with van der Waals surface area (Å²) >= 11 is 0. The van der Waals surface area contributed by atoms with Crippen LogP contribution in [-0.2, 0) is 20.9 Å². The van der Waals surface area contributed by atoms with Gasteiger partial charge in [-0.25, -0.2) is 9.18 Å². The summed E-state index contributed by atoms with van der Waals surface area (Å²) in [6, 6.07) is 5.88. The first-order valence-corrected chi connectivity index (χ1v) is 15.3. The largest absolute Gasteiger partial charge is 0.477 e. The summed E-state index contributed by atoms with van der Waals surface area (Å²) in [5.74, 6) is -4.89. The van der Waals surface area contributed by atoms with Crippen LogP contribution in [0, 0.1) is 5.82 Å². The maximum atomic E-state index is 15.4. The second-order valence-electron chi connectivity index (χ2n) is 11.1. The summed E-state index contributed by atoms with van der Waals surface area (Å²) in [6.07, 6.45) is 2.97. The minimum absolute atomic E-state index is 0.0356. The Morgan fingerprint density at radius 1 is 0.979 bits per heavy atom. The molecule has 2 heterocycles. The van der Waals surface area contributed by atoms with Crippen molar-refractivity contribution in [2.75, 3.05) is 31.1 Å². The monoisotopic (exact) mass is 652 g/mol. The number of nitrogens with zero attached hydrogens (tertiary/aromatic N) is 3. The third kappa shape index (κ3) is 7.76. The number of esters is 2. The van der Waals surface area contributed by atoms with E-state index in [1.165, 1.54) is 37.4 Å². The fourth-order valence-electron chi connectivity index (χ4n) is 5.52. The molecule has 1 fully saturated rings. The molecule has 1 atom stereocenters. The van der Waals surface area contributed by atoms with Gasteiger partial charge >= 0.3 is 17.9 Å². The first-order valence-electron chi connectivity index (χ1n) is 15.3. The van der Waals surface area contributed by atoms with Crippen LogP contribution in [0.3, 0.4) is 0 Å². The van der Waals surface area contributed by atoms with Gasteiger partial charge in [-0.05, 0) is 37.6 Å². The minimum atomic E-state index is -1.39. The molecular formula is C33H37FN4O9. The molecule has 4 rings (SSSR count). The lowest BCUT2D eigenvalue weighted by Gasteiger charge is -2.38. The number of rotatable bonds is 11. The van der Waals surface area contributed by atoms with Crippen molar-refractivity contribution in [2.24, 2.45) is 0 Å². The van der Waals surface area contributed by atoms with E-state index in [0.29, 0.717) is 24.9 Å². The summed E-state index contributed by atoms with van der Waals surface area (Å²) in [5.41, 5.74) is -0.688. The fraction of sp³-hybridized carbons (Fsp3) is 0.394. The number of unbranched alkanes of at least 4 members (excludes halogenated alkanes) is 1. The molecule has 0 bridgehead atoms. The molecule has 2 amide bonds. The molecule has 1 aromatic heterocycles. The smallest absolute Gasteiger partial charge is 0.341 e. The number of aromatic carboxylic acids is 1. The van der Waals surface area contributed by atoms with Gasteiger partial charge in [-0.2, -0.15) is 0 Å². The molecule has 250 valence electrons. The van der Waals surface area contributed by atoms with Gasteiger partial charge in [-0.15, -0.1) is 0 Å². The van der Waals surface area contributed by atoms with Crippen LogP contribution >= 0.6 is 0 Å². The Balaban J connectivity index is 1.54. The number of carbonyl (C=O) groups is 5. The number of carbonyl (C=O) groups excluding carboxylic acids is 4. The molecule has 14 heteroatoms. The van der Waals surface area contributed by atoms with Gasteiger partial charge in [-0.3, -0.25) is 24.0 Å². The number of piperazine rings is 1. The summed E-state index contributed by atoms with van der Waals surface area (Å²) in [4.78, 5) is 78.2. The van der Waals surface area contributed by atoms with Gasteiger partial charge in [0.05, 0.1) is 16.8 Å². The quantitative estimate of drug-likeness (QED) is 0.232. The van der Waals surface area contributed by atoms with Crippen LogP contribution in [0.15, 0.2) is 41.3 Å². The number of para-hydroxylation sites is 1. The van der Waals surface area contributed by atoms with E-state index in [4.69, 9.17) is 9.47 Å². The van der Waals surface area contributed by atoms with Gasteiger partial charge in [0.2, 0.25) is 11.3 Å². The van der Waals surface area contributed by atoms with E-state index in [1.807, 2.05) is 6.92 Å². The molecule has 1 unspecified atom stereocenters. The Morgan fingerprint density at radius 2 is 1.66 bits per heavy atom. The van der Waals surface area contributed by atoms with Crippen LogP contribution in [0.25, 0.3) is 10.9 Å².